The summed E-state index contributed by atoms with van der Waals surface area (Å²) in [6.07, 6.45) is 4.58. The summed E-state index contributed by atoms with van der Waals surface area (Å²) in [5, 5.41) is 3.26. The number of carbonyl (C=O) groups is 1. The van der Waals surface area contributed by atoms with Gasteiger partial charge in [-0.2, -0.15) is 0 Å². The molecule has 0 bridgehead atoms. The van der Waals surface area contributed by atoms with Crippen LogP contribution in [0, 0.1) is 5.41 Å². The molecule has 2 atom stereocenters. The van der Waals surface area contributed by atoms with Gasteiger partial charge in [-0.3, -0.25) is 4.79 Å². The van der Waals surface area contributed by atoms with E-state index < -0.39 is 0 Å². The van der Waals surface area contributed by atoms with Crippen LogP contribution in [0.5, 0.6) is 0 Å². The van der Waals surface area contributed by atoms with E-state index in [2.05, 4.69) is 42.0 Å². The molecule has 1 amide bonds. The van der Waals surface area contributed by atoms with Crippen molar-refractivity contribution in [1.29, 1.82) is 0 Å². The lowest BCUT2D eigenvalue weighted by molar-refractivity contribution is -0.120. The maximum absolute atomic E-state index is 11.9. The molecule has 0 aliphatic carbocycles. The fourth-order valence-electron chi connectivity index (χ4n) is 2.01. The molecule has 1 aliphatic rings. The Balaban J connectivity index is 2.22. The van der Waals surface area contributed by atoms with Crippen molar-refractivity contribution in [2.75, 3.05) is 12.3 Å². The molecule has 1 N–H and O–H groups in total. The molecule has 0 aromatic carbocycles. The zero-order valence-corrected chi connectivity index (χ0v) is 13.5. The summed E-state index contributed by atoms with van der Waals surface area (Å²) in [6.45, 7) is 7.41. The lowest BCUT2D eigenvalue weighted by Gasteiger charge is -2.24. The first-order valence-electron chi connectivity index (χ1n) is 6.42. The monoisotopic (exact) mass is 321 g/mol. The predicted octanol–water partition coefficient (Wildman–Crippen LogP) is 3.59. The molecule has 2 nitrogen and oxygen atoms in total. The number of alkyl halides is 1. The van der Waals surface area contributed by atoms with Crippen molar-refractivity contribution in [3.63, 3.8) is 0 Å². The number of hydrogen-bond acceptors (Lipinski definition) is 2. The molecule has 1 rings (SSSR count). The fourth-order valence-corrected chi connectivity index (χ4v) is 4.37. The smallest absolute Gasteiger partial charge is 0.233 e. The quantitative estimate of drug-likeness (QED) is 0.802. The molecular formula is C13H24BrNOS. The molecule has 2 unspecified atom stereocenters. The molecule has 0 saturated carbocycles. The van der Waals surface area contributed by atoms with E-state index in [9.17, 15) is 4.79 Å². The number of hydrogen-bond donors (Lipinski definition) is 1. The van der Waals surface area contributed by atoms with E-state index in [1.54, 1.807) is 0 Å². The van der Waals surface area contributed by atoms with Gasteiger partial charge in [0.15, 0.2) is 0 Å². The van der Waals surface area contributed by atoms with Gasteiger partial charge in [-0.25, -0.2) is 0 Å². The SMILES string of the molecule is CC(C)(C)CC(Br)CNC(=O)C1CCCCS1. The normalized spacial score (nSPS) is 23.2. The van der Waals surface area contributed by atoms with Crippen molar-refractivity contribution in [2.24, 2.45) is 5.41 Å². The Hall–Kier alpha value is 0.300. The number of halogens is 1. The van der Waals surface area contributed by atoms with Crippen molar-refractivity contribution in [1.82, 2.24) is 5.32 Å². The molecule has 0 aromatic heterocycles. The van der Waals surface area contributed by atoms with Crippen molar-refractivity contribution in [3.8, 4) is 0 Å². The minimum Gasteiger partial charge on any atom is -0.354 e. The Bertz CT molecular complexity index is 246. The molecule has 100 valence electrons. The second kappa shape index (κ2) is 7.03. The Kier molecular flexibility index (Phi) is 6.35. The third kappa shape index (κ3) is 6.70. The zero-order chi connectivity index (χ0) is 12.9. The van der Waals surface area contributed by atoms with E-state index in [0.717, 1.165) is 25.1 Å². The summed E-state index contributed by atoms with van der Waals surface area (Å²) in [6, 6.07) is 0. The van der Waals surface area contributed by atoms with Gasteiger partial charge in [0.05, 0.1) is 5.25 Å². The van der Waals surface area contributed by atoms with Crippen LogP contribution >= 0.6 is 27.7 Å². The Morgan fingerprint density at radius 3 is 2.71 bits per heavy atom. The van der Waals surface area contributed by atoms with Crippen LogP contribution in [0.2, 0.25) is 0 Å². The van der Waals surface area contributed by atoms with Gasteiger partial charge < -0.3 is 5.32 Å². The van der Waals surface area contributed by atoms with Gasteiger partial charge in [0, 0.05) is 11.4 Å². The van der Waals surface area contributed by atoms with Crippen LogP contribution in [0.25, 0.3) is 0 Å². The second-order valence-electron chi connectivity index (χ2n) is 5.96. The summed E-state index contributed by atoms with van der Waals surface area (Å²) < 4.78 is 0. The molecule has 1 heterocycles. The summed E-state index contributed by atoms with van der Waals surface area (Å²) in [5.74, 6) is 1.37. The largest absolute Gasteiger partial charge is 0.354 e. The van der Waals surface area contributed by atoms with Crippen LogP contribution in [0.1, 0.15) is 46.5 Å². The Morgan fingerprint density at radius 2 is 2.18 bits per heavy atom. The molecule has 0 spiro atoms. The molecule has 1 aliphatic heterocycles. The van der Waals surface area contributed by atoms with Gasteiger partial charge >= 0.3 is 0 Å². The summed E-state index contributed by atoms with van der Waals surface area (Å²) in [5.41, 5.74) is 0.304. The second-order valence-corrected chi connectivity index (χ2v) is 8.57. The van der Waals surface area contributed by atoms with Crippen molar-refractivity contribution in [3.05, 3.63) is 0 Å². The average Bonchev–Trinajstić information content (AvgIpc) is 2.25. The first-order valence-corrected chi connectivity index (χ1v) is 8.38. The van der Waals surface area contributed by atoms with Crippen LogP contribution in [0.3, 0.4) is 0 Å². The molecule has 1 saturated heterocycles. The summed E-state index contributed by atoms with van der Waals surface area (Å²) in [4.78, 5) is 12.3. The van der Waals surface area contributed by atoms with Gasteiger partial charge in [0.2, 0.25) is 5.91 Å². The lowest BCUT2D eigenvalue weighted by Crippen LogP contribution is -2.38. The van der Waals surface area contributed by atoms with Gasteiger partial charge in [-0.05, 0) is 30.4 Å². The highest BCUT2D eigenvalue weighted by molar-refractivity contribution is 9.09. The number of carbonyl (C=O) groups excluding carboxylic acids is 1. The number of nitrogens with one attached hydrogen (secondary N) is 1. The van der Waals surface area contributed by atoms with Gasteiger partial charge in [0.1, 0.15) is 0 Å². The average molecular weight is 322 g/mol. The van der Waals surface area contributed by atoms with Crippen LogP contribution in [0.15, 0.2) is 0 Å². The van der Waals surface area contributed by atoms with E-state index >= 15 is 0 Å². The van der Waals surface area contributed by atoms with Crippen molar-refractivity contribution >= 4 is 33.6 Å². The molecule has 0 aromatic rings. The maximum Gasteiger partial charge on any atom is 0.233 e. The first-order chi connectivity index (χ1) is 7.88. The number of amides is 1. The van der Waals surface area contributed by atoms with E-state index in [-0.39, 0.29) is 11.2 Å². The van der Waals surface area contributed by atoms with Crippen LogP contribution < -0.4 is 5.32 Å². The Morgan fingerprint density at radius 1 is 1.47 bits per heavy atom. The van der Waals surface area contributed by atoms with Gasteiger partial charge in [-0.15, -0.1) is 11.8 Å². The van der Waals surface area contributed by atoms with Crippen LogP contribution in [-0.4, -0.2) is 28.3 Å². The number of thioether (sulfide) groups is 1. The minimum atomic E-state index is 0.193. The first kappa shape index (κ1) is 15.4. The lowest BCUT2D eigenvalue weighted by atomic mass is 9.90. The fraction of sp³-hybridized carbons (Fsp3) is 0.923. The highest BCUT2D eigenvalue weighted by atomic mass is 79.9. The van der Waals surface area contributed by atoms with Crippen LogP contribution in [0.4, 0.5) is 0 Å². The standard InChI is InChI=1S/C13H24BrNOS/c1-13(2,3)8-10(14)9-15-12(16)11-6-4-5-7-17-11/h10-11H,4-9H2,1-3H3,(H,15,16). The highest BCUT2D eigenvalue weighted by Gasteiger charge is 2.23. The molecule has 17 heavy (non-hydrogen) atoms. The summed E-state index contributed by atoms with van der Waals surface area (Å²) in [7, 11) is 0. The maximum atomic E-state index is 11.9. The third-order valence-corrected chi connectivity index (χ3v) is 4.83. The highest BCUT2D eigenvalue weighted by Crippen LogP contribution is 2.26. The van der Waals surface area contributed by atoms with Crippen LogP contribution in [-0.2, 0) is 4.79 Å². The van der Waals surface area contributed by atoms with Gasteiger partial charge in [-0.1, -0.05) is 43.1 Å². The van der Waals surface area contributed by atoms with E-state index in [0.29, 0.717) is 10.2 Å². The molecule has 1 fully saturated rings. The Labute approximate surface area is 118 Å². The molecule has 4 heteroatoms. The third-order valence-electron chi connectivity index (χ3n) is 2.80. The predicted molar refractivity (Wildman–Crippen MR) is 79.9 cm³/mol. The van der Waals surface area contributed by atoms with E-state index in [4.69, 9.17) is 0 Å². The van der Waals surface area contributed by atoms with Crippen molar-refractivity contribution < 1.29 is 4.79 Å². The van der Waals surface area contributed by atoms with Gasteiger partial charge in [0.25, 0.3) is 0 Å². The summed E-state index contributed by atoms with van der Waals surface area (Å²) >= 11 is 5.45. The van der Waals surface area contributed by atoms with E-state index in [1.807, 2.05) is 11.8 Å². The van der Waals surface area contributed by atoms with Crippen molar-refractivity contribution in [2.45, 2.75) is 56.5 Å². The zero-order valence-electron chi connectivity index (χ0n) is 11.1. The molecule has 0 radical (unpaired) electrons. The topological polar surface area (TPSA) is 29.1 Å². The molecular weight excluding hydrogens is 298 g/mol. The van der Waals surface area contributed by atoms with E-state index in [1.165, 1.54) is 12.8 Å². The number of rotatable bonds is 4. The minimum absolute atomic E-state index is 0.193.